The minimum absolute atomic E-state index is 0.249. The van der Waals surface area contributed by atoms with Crippen LogP contribution in [0.4, 0.5) is 6.01 Å². The quantitative estimate of drug-likeness (QED) is 0.803. The van der Waals surface area contributed by atoms with Crippen LogP contribution in [0.1, 0.15) is 31.0 Å². The fourth-order valence-corrected chi connectivity index (χ4v) is 1.59. The van der Waals surface area contributed by atoms with Crippen LogP contribution in [0.2, 0.25) is 0 Å². The van der Waals surface area contributed by atoms with Crippen molar-refractivity contribution in [3.8, 4) is 0 Å². The van der Waals surface area contributed by atoms with Crippen molar-refractivity contribution in [1.82, 2.24) is 10.2 Å². The Morgan fingerprint density at radius 1 is 1.53 bits per heavy atom. The summed E-state index contributed by atoms with van der Waals surface area (Å²) in [6, 6.07) is 0.811. The highest BCUT2D eigenvalue weighted by molar-refractivity contribution is 6.20. The lowest BCUT2D eigenvalue weighted by molar-refractivity contribution is 0.0323. The molecule has 1 atom stereocenters. The van der Waals surface area contributed by atoms with Crippen molar-refractivity contribution < 1.29 is 9.15 Å². The van der Waals surface area contributed by atoms with Crippen molar-refractivity contribution in [2.75, 3.05) is 12.4 Å². The van der Waals surface area contributed by atoms with E-state index in [0.29, 0.717) is 24.1 Å². The van der Waals surface area contributed by atoms with Crippen LogP contribution in [0.15, 0.2) is 4.42 Å². The predicted octanol–water partition coefficient (Wildman–Crippen LogP) is 1.96. The lowest BCUT2D eigenvalue weighted by Gasteiger charge is -2.33. The van der Waals surface area contributed by atoms with E-state index in [2.05, 4.69) is 15.5 Å². The van der Waals surface area contributed by atoms with Crippen molar-refractivity contribution in [2.45, 2.75) is 37.3 Å². The number of hydrogen-bond donors (Lipinski definition) is 1. The molecule has 1 aliphatic carbocycles. The van der Waals surface area contributed by atoms with E-state index in [0.717, 1.165) is 12.8 Å². The van der Waals surface area contributed by atoms with E-state index in [9.17, 15) is 0 Å². The summed E-state index contributed by atoms with van der Waals surface area (Å²) in [4.78, 5) is 0. The second-order valence-corrected chi connectivity index (χ2v) is 4.39. The van der Waals surface area contributed by atoms with Crippen LogP contribution >= 0.6 is 11.6 Å². The van der Waals surface area contributed by atoms with Gasteiger partial charge in [-0.25, -0.2) is 0 Å². The molecule has 0 radical (unpaired) electrons. The number of rotatable bonds is 4. The van der Waals surface area contributed by atoms with E-state index in [1.165, 1.54) is 0 Å². The number of anilines is 1. The molecule has 1 fully saturated rings. The molecule has 1 aromatic heterocycles. The Morgan fingerprint density at radius 2 is 2.27 bits per heavy atom. The van der Waals surface area contributed by atoms with Gasteiger partial charge in [-0.2, -0.15) is 0 Å². The van der Waals surface area contributed by atoms with E-state index in [4.69, 9.17) is 20.8 Å². The lowest BCUT2D eigenvalue weighted by Crippen LogP contribution is -2.40. The van der Waals surface area contributed by atoms with Crippen LogP contribution in [0.25, 0.3) is 0 Å². The Morgan fingerprint density at radius 3 is 2.80 bits per heavy atom. The van der Waals surface area contributed by atoms with Crippen LogP contribution in [0.5, 0.6) is 0 Å². The molecular weight excluding hydrogens is 218 g/mol. The molecule has 6 heteroatoms. The van der Waals surface area contributed by atoms with Gasteiger partial charge in [0.1, 0.15) is 5.38 Å². The Hall–Kier alpha value is -0.810. The standard InChI is InChI=1S/C9H14ClN3O2/c1-5(10)8-12-13-9(15-8)11-6-3-7(4-6)14-2/h5-7H,3-4H2,1-2H3,(H,11,13). The number of nitrogens with zero attached hydrogens (tertiary/aromatic N) is 2. The molecule has 1 N–H and O–H groups in total. The van der Waals surface area contributed by atoms with Crippen molar-refractivity contribution in [2.24, 2.45) is 0 Å². The molecule has 0 saturated heterocycles. The fourth-order valence-electron chi connectivity index (χ4n) is 1.50. The first-order valence-corrected chi connectivity index (χ1v) is 5.39. The number of ether oxygens (including phenoxy) is 1. The van der Waals surface area contributed by atoms with Crippen molar-refractivity contribution in [3.05, 3.63) is 5.89 Å². The molecule has 84 valence electrons. The summed E-state index contributed by atoms with van der Waals surface area (Å²) in [5.74, 6) is 0.446. The van der Waals surface area contributed by atoms with Crippen molar-refractivity contribution >= 4 is 17.6 Å². The van der Waals surface area contributed by atoms with Crippen LogP contribution in [-0.2, 0) is 4.74 Å². The summed E-state index contributed by atoms with van der Waals surface area (Å²) in [5.41, 5.74) is 0. The predicted molar refractivity (Wildman–Crippen MR) is 56.0 cm³/mol. The van der Waals surface area contributed by atoms with Crippen molar-refractivity contribution in [3.63, 3.8) is 0 Å². The summed E-state index contributed by atoms with van der Waals surface area (Å²) < 4.78 is 10.5. The molecule has 1 unspecified atom stereocenters. The van der Waals surface area contributed by atoms with Gasteiger partial charge in [0.15, 0.2) is 0 Å². The molecule has 15 heavy (non-hydrogen) atoms. The molecule has 0 aromatic carbocycles. The maximum Gasteiger partial charge on any atom is 0.315 e. The van der Waals surface area contributed by atoms with Crippen LogP contribution in [-0.4, -0.2) is 29.5 Å². The third-order valence-electron chi connectivity index (χ3n) is 2.54. The smallest absolute Gasteiger partial charge is 0.315 e. The Bertz CT molecular complexity index is 323. The summed E-state index contributed by atoms with van der Waals surface area (Å²) in [6.45, 7) is 1.79. The second-order valence-electron chi connectivity index (χ2n) is 3.73. The summed E-state index contributed by atoms with van der Waals surface area (Å²) in [5, 5.41) is 10.6. The zero-order chi connectivity index (χ0) is 10.8. The van der Waals surface area contributed by atoms with E-state index >= 15 is 0 Å². The maximum absolute atomic E-state index is 5.80. The average Bonchev–Trinajstić information content (AvgIpc) is 2.58. The van der Waals surface area contributed by atoms with E-state index < -0.39 is 0 Å². The van der Waals surface area contributed by atoms with Gasteiger partial charge in [-0.3, -0.25) is 0 Å². The topological polar surface area (TPSA) is 60.2 Å². The average molecular weight is 232 g/mol. The molecule has 0 spiro atoms. The molecule has 0 amide bonds. The van der Waals surface area contributed by atoms with Gasteiger partial charge in [0.2, 0.25) is 5.89 Å². The maximum atomic E-state index is 5.80. The molecule has 0 aliphatic heterocycles. The van der Waals surface area contributed by atoms with Crippen LogP contribution in [0.3, 0.4) is 0 Å². The number of hydrogen-bond acceptors (Lipinski definition) is 5. The number of alkyl halides is 1. The monoisotopic (exact) mass is 231 g/mol. The largest absolute Gasteiger partial charge is 0.406 e. The molecule has 5 nitrogen and oxygen atoms in total. The zero-order valence-electron chi connectivity index (χ0n) is 8.74. The molecule has 1 heterocycles. The summed E-state index contributed by atoms with van der Waals surface area (Å²) in [6.07, 6.45) is 2.31. The van der Waals surface area contributed by atoms with Gasteiger partial charge in [0, 0.05) is 13.2 Å². The normalized spacial score (nSPS) is 27.1. The fraction of sp³-hybridized carbons (Fsp3) is 0.778. The van der Waals surface area contributed by atoms with Gasteiger partial charge < -0.3 is 14.5 Å². The molecule has 2 rings (SSSR count). The Balaban J connectivity index is 1.84. The van der Waals surface area contributed by atoms with Gasteiger partial charge in [-0.15, -0.1) is 16.7 Å². The van der Waals surface area contributed by atoms with E-state index in [1.807, 2.05) is 0 Å². The van der Waals surface area contributed by atoms with Gasteiger partial charge >= 0.3 is 6.01 Å². The minimum atomic E-state index is -0.249. The van der Waals surface area contributed by atoms with Gasteiger partial charge in [-0.1, -0.05) is 5.10 Å². The molecule has 1 aromatic rings. The lowest BCUT2D eigenvalue weighted by atomic mass is 9.89. The molecule has 1 aliphatic rings. The minimum Gasteiger partial charge on any atom is -0.406 e. The molecular formula is C9H14ClN3O2. The first-order chi connectivity index (χ1) is 7.19. The summed E-state index contributed by atoms with van der Waals surface area (Å²) in [7, 11) is 1.72. The van der Waals surface area contributed by atoms with Crippen LogP contribution in [0, 0.1) is 0 Å². The highest BCUT2D eigenvalue weighted by Crippen LogP contribution is 2.26. The van der Waals surface area contributed by atoms with Gasteiger partial charge in [0.05, 0.1) is 6.10 Å². The SMILES string of the molecule is COC1CC(Nc2nnc(C(C)Cl)o2)C1. The first kappa shape index (κ1) is 10.7. The Kier molecular flexibility index (Phi) is 3.11. The van der Waals surface area contributed by atoms with Crippen molar-refractivity contribution in [1.29, 1.82) is 0 Å². The third-order valence-corrected chi connectivity index (χ3v) is 2.72. The number of methoxy groups -OCH3 is 1. The zero-order valence-corrected chi connectivity index (χ0v) is 9.49. The van der Waals surface area contributed by atoms with Crippen LogP contribution < -0.4 is 5.32 Å². The van der Waals surface area contributed by atoms with Gasteiger partial charge in [-0.05, 0) is 19.8 Å². The highest BCUT2D eigenvalue weighted by Gasteiger charge is 2.30. The Labute approximate surface area is 93.1 Å². The van der Waals surface area contributed by atoms with Gasteiger partial charge in [0.25, 0.3) is 0 Å². The number of aromatic nitrogens is 2. The highest BCUT2D eigenvalue weighted by atomic mass is 35.5. The number of halogens is 1. The first-order valence-electron chi connectivity index (χ1n) is 4.96. The molecule has 1 saturated carbocycles. The third kappa shape index (κ3) is 2.41. The van der Waals surface area contributed by atoms with E-state index in [1.54, 1.807) is 14.0 Å². The molecule has 0 bridgehead atoms. The second kappa shape index (κ2) is 4.37. The summed E-state index contributed by atoms with van der Waals surface area (Å²) >= 11 is 5.80. The van der Waals surface area contributed by atoms with E-state index in [-0.39, 0.29) is 5.38 Å². The number of nitrogens with one attached hydrogen (secondary N) is 1.